The van der Waals surface area contributed by atoms with Gasteiger partial charge in [0.1, 0.15) is 6.54 Å². The van der Waals surface area contributed by atoms with Crippen LogP contribution in [0.2, 0.25) is 0 Å². The van der Waals surface area contributed by atoms with Gasteiger partial charge in [-0.2, -0.15) is 0 Å². The van der Waals surface area contributed by atoms with E-state index in [-0.39, 0.29) is 30.4 Å². The number of carbonyl (C=O) groups excluding carboxylic acids is 2. The van der Waals surface area contributed by atoms with Gasteiger partial charge in [-0.25, -0.2) is 0 Å². The zero-order chi connectivity index (χ0) is 23.8. The SMILES string of the molecule is CC1CCCCN1C(=O)CSc1nnc2n(CC(=O)N3C(C)CCCC3C)c3ccccc3n12. The predicted octanol–water partition coefficient (Wildman–Crippen LogP) is 3.97. The van der Waals surface area contributed by atoms with E-state index >= 15 is 0 Å². The van der Waals surface area contributed by atoms with Gasteiger partial charge in [-0.05, 0) is 71.4 Å². The summed E-state index contributed by atoms with van der Waals surface area (Å²) in [7, 11) is 0. The third kappa shape index (κ3) is 4.19. The molecule has 5 rings (SSSR count). The summed E-state index contributed by atoms with van der Waals surface area (Å²) >= 11 is 1.43. The number of hydrogen-bond acceptors (Lipinski definition) is 5. The minimum absolute atomic E-state index is 0.120. The molecule has 2 amide bonds. The standard InChI is InChI=1S/C25H34N6O2S/c1-17-9-6-7-14-28(17)23(33)16-34-25-27-26-24-29(20-12-4-5-13-21(20)31(24)25)15-22(32)30-18(2)10-8-11-19(30)3/h4-5,12-13,17-19H,6-11,14-16H2,1-3H3. The number of fused-ring (bicyclic) bond motifs is 3. The van der Waals surface area contributed by atoms with Crippen LogP contribution in [-0.2, 0) is 16.1 Å². The monoisotopic (exact) mass is 482 g/mol. The van der Waals surface area contributed by atoms with Crippen LogP contribution in [0.15, 0.2) is 29.4 Å². The van der Waals surface area contributed by atoms with Gasteiger partial charge >= 0.3 is 0 Å². The number of likely N-dealkylation sites (tertiary alicyclic amines) is 2. The number of imidazole rings is 1. The van der Waals surface area contributed by atoms with E-state index in [9.17, 15) is 9.59 Å². The quantitative estimate of drug-likeness (QED) is 0.515. The van der Waals surface area contributed by atoms with Crippen molar-refractivity contribution in [1.29, 1.82) is 0 Å². The number of para-hydroxylation sites is 2. The number of amides is 2. The molecule has 0 N–H and O–H groups in total. The van der Waals surface area contributed by atoms with Crippen LogP contribution in [0.25, 0.3) is 16.8 Å². The van der Waals surface area contributed by atoms with E-state index in [0.717, 1.165) is 43.3 Å². The molecular weight excluding hydrogens is 448 g/mol. The fourth-order valence-electron chi connectivity index (χ4n) is 5.69. The summed E-state index contributed by atoms with van der Waals surface area (Å²) in [6, 6.07) is 8.82. The number of hydrogen-bond donors (Lipinski definition) is 0. The number of nitrogens with zero attached hydrogens (tertiary/aromatic N) is 6. The van der Waals surface area contributed by atoms with Crippen molar-refractivity contribution in [2.45, 2.75) is 89.1 Å². The molecule has 0 radical (unpaired) electrons. The first-order chi connectivity index (χ1) is 16.5. The lowest BCUT2D eigenvalue weighted by atomic mass is 9.97. The van der Waals surface area contributed by atoms with Gasteiger partial charge in [0, 0.05) is 24.7 Å². The second kappa shape index (κ2) is 9.60. The van der Waals surface area contributed by atoms with E-state index in [1.165, 1.54) is 24.6 Å². The third-order valence-electron chi connectivity index (χ3n) is 7.49. The molecule has 3 unspecified atom stereocenters. The number of benzene rings is 1. The third-order valence-corrected chi connectivity index (χ3v) is 8.41. The lowest BCUT2D eigenvalue weighted by Crippen LogP contribution is -2.48. The van der Waals surface area contributed by atoms with Crippen molar-refractivity contribution >= 4 is 40.4 Å². The minimum Gasteiger partial charge on any atom is -0.339 e. The predicted molar refractivity (Wildman–Crippen MR) is 134 cm³/mol. The summed E-state index contributed by atoms with van der Waals surface area (Å²) in [5.41, 5.74) is 1.91. The highest BCUT2D eigenvalue weighted by Gasteiger charge is 2.30. The lowest BCUT2D eigenvalue weighted by molar-refractivity contribution is -0.137. The van der Waals surface area contributed by atoms with Crippen LogP contribution < -0.4 is 0 Å². The Morgan fingerprint density at radius 2 is 1.62 bits per heavy atom. The largest absolute Gasteiger partial charge is 0.339 e. The number of carbonyl (C=O) groups is 2. The molecule has 0 saturated carbocycles. The Bertz CT molecular complexity index is 1190. The Kier molecular flexibility index (Phi) is 6.55. The molecule has 0 bridgehead atoms. The van der Waals surface area contributed by atoms with Gasteiger partial charge in [-0.15, -0.1) is 10.2 Å². The zero-order valence-corrected chi connectivity index (χ0v) is 21.1. The smallest absolute Gasteiger partial charge is 0.243 e. The van der Waals surface area contributed by atoms with Crippen LogP contribution in [0.3, 0.4) is 0 Å². The first-order valence-electron chi connectivity index (χ1n) is 12.5. The summed E-state index contributed by atoms with van der Waals surface area (Å²) in [6.45, 7) is 7.49. The summed E-state index contributed by atoms with van der Waals surface area (Å²) in [4.78, 5) is 30.3. The van der Waals surface area contributed by atoms with E-state index < -0.39 is 0 Å². The van der Waals surface area contributed by atoms with Gasteiger partial charge in [0.15, 0.2) is 5.16 Å². The van der Waals surface area contributed by atoms with Crippen LogP contribution >= 0.6 is 11.8 Å². The molecule has 0 spiro atoms. The average Bonchev–Trinajstić information content (AvgIpc) is 3.37. The Morgan fingerprint density at radius 1 is 0.912 bits per heavy atom. The maximum Gasteiger partial charge on any atom is 0.243 e. The molecule has 3 aromatic rings. The number of piperidine rings is 2. The molecule has 0 aliphatic carbocycles. The Hall–Kier alpha value is -2.55. The molecule has 2 aromatic heterocycles. The fourth-order valence-corrected chi connectivity index (χ4v) is 6.52. The average molecular weight is 483 g/mol. The number of thioether (sulfide) groups is 1. The van der Waals surface area contributed by atoms with E-state index in [4.69, 9.17) is 0 Å². The van der Waals surface area contributed by atoms with Crippen LogP contribution in [0.5, 0.6) is 0 Å². The van der Waals surface area contributed by atoms with Crippen LogP contribution in [0, 0.1) is 0 Å². The summed E-state index contributed by atoms with van der Waals surface area (Å²) in [6.07, 6.45) is 6.60. The summed E-state index contributed by atoms with van der Waals surface area (Å²) < 4.78 is 3.96. The van der Waals surface area contributed by atoms with E-state index in [0.29, 0.717) is 22.7 Å². The van der Waals surface area contributed by atoms with Crippen molar-refractivity contribution in [1.82, 2.24) is 29.0 Å². The Labute approximate surface area is 204 Å². The normalized spacial score (nSPS) is 23.7. The van der Waals surface area contributed by atoms with Crippen molar-refractivity contribution in [3.8, 4) is 0 Å². The fraction of sp³-hybridized carbons (Fsp3) is 0.600. The van der Waals surface area contributed by atoms with Gasteiger partial charge in [0.05, 0.1) is 16.8 Å². The second-order valence-corrected chi connectivity index (χ2v) is 10.8. The number of aromatic nitrogens is 4. The van der Waals surface area contributed by atoms with Crippen LogP contribution in [-0.4, -0.2) is 71.2 Å². The molecule has 2 aliphatic heterocycles. The first kappa shape index (κ1) is 23.2. The van der Waals surface area contributed by atoms with E-state index in [2.05, 4.69) is 31.0 Å². The highest BCUT2D eigenvalue weighted by molar-refractivity contribution is 7.99. The molecule has 3 atom stereocenters. The highest BCUT2D eigenvalue weighted by atomic mass is 32.2. The molecular formula is C25H34N6O2S. The van der Waals surface area contributed by atoms with Gasteiger partial charge in [-0.3, -0.25) is 18.6 Å². The van der Waals surface area contributed by atoms with Crippen molar-refractivity contribution in [2.24, 2.45) is 0 Å². The van der Waals surface area contributed by atoms with E-state index in [1.54, 1.807) is 0 Å². The number of rotatable bonds is 5. The molecule has 34 heavy (non-hydrogen) atoms. The topological polar surface area (TPSA) is 75.7 Å². The molecule has 2 saturated heterocycles. The molecule has 182 valence electrons. The van der Waals surface area contributed by atoms with Crippen molar-refractivity contribution < 1.29 is 9.59 Å². The second-order valence-electron chi connectivity index (χ2n) is 9.84. The van der Waals surface area contributed by atoms with Gasteiger partial charge in [-0.1, -0.05) is 23.9 Å². The molecule has 9 heteroatoms. The highest BCUT2D eigenvalue weighted by Crippen LogP contribution is 2.28. The Morgan fingerprint density at radius 3 is 2.35 bits per heavy atom. The maximum atomic E-state index is 13.4. The molecule has 2 fully saturated rings. The zero-order valence-electron chi connectivity index (χ0n) is 20.3. The summed E-state index contributed by atoms with van der Waals surface area (Å²) in [5.74, 6) is 1.26. The van der Waals surface area contributed by atoms with Gasteiger partial charge in [0.25, 0.3) is 0 Å². The molecule has 2 aliphatic rings. The van der Waals surface area contributed by atoms with E-state index in [1.807, 2.05) is 43.0 Å². The summed E-state index contributed by atoms with van der Waals surface area (Å²) in [5, 5.41) is 9.56. The van der Waals surface area contributed by atoms with Gasteiger partial charge < -0.3 is 9.80 Å². The first-order valence-corrected chi connectivity index (χ1v) is 13.5. The lowest BCUT2D eigenvalue weighted by Gasteiger charge is -2.39. The van der Waals surface area contributed by atoms with Crippen molar-refractivity contribution in [2.75, 3.05) is 12.3 Å². The Balaban J connectivity index is 1.41. The van der Waals surface area contributed by atoms with Crippen molar-refractivity contribution in [3.63, 3.8) is 0 Å². The molecule has 8 nitrogen and oxygen atoms in total. The van der Waals surface area contributed by atoms with Gasteiger partial charge in [0.2, 0.25) is 17.6 Å². The van der Waals surface area contributed by atoms with Crippen molar-refractivity contribution in [3.05, 3.63) is 24.3 Å². The maximum absolute atomic E-state index is 13.4. The van der Waals surface area contributed by atoms with Crippen LogP contribution in [0.4, 0.5) is 0 Å². The minimum atomic E-state index is 0.120. The van der Waals surface area contributed by atoms with Crippen LogP contribution in [0.1, 0.15) is 59.3 Å². The molecule has 1 aromatic carbocycles. The molecule has 4 heterocycles.